The summed E-state index contributed by atoms with van der Waals surface area (Å²) >= 11 is 0. The van der Waals surface area contributed by atoms with Crippen LogP contribution in [0.4, 0.5) is 22.4 Å². The first kappa shape index (κ1) is 14.7. The van der Waals surface area contributed by atoms with E-state index in [1.54, 1.807) is 0 Å². The monoisotopic (exact) mass is 279 g/mol. The number of methoxy groups -OCH3 is 1. The molecule has 3 N–H and O–H groups in total. The first-order valence-corrected chi connectivity index (χ1v) is 4.79. The molecule has 0 fully saturated rings. The molecule has 0 unspecified atom stereocenters. The Morgan fingerprint density at radius 3 is 2.58 bits per heavy atom. The number of carbonyl (C=O) groups excluding carboxylic acids is 1. The highest BCUT2D eigenvalue weighted by molar-refractivity contribution is 5.85. The van der Waals surface area contributed by atoms with E-state index in [1.165, 1.54) is 0 Å². The van der Waals surface area contributed by atoms with Crippen molar-refractivity contribution < 1.29 is 27.1 Å². The predicted molar refractivity (Wildman–Crippen MR) is 58.3 cm³/mol. The molecule has 1 aromatic rings. The molecule has 0 aromatic heterocycles. The molecule has 1 aromatic carbocycles. The summed E-state index contributed by atoms with van der Waals surface area (Å²) in [6.07, 6.45) is -3.93. The third-order valence-corrected chi connectivity index (χ3v) is 2.02. The SMILES string of the molecule is COc1c(C=NNC(N)=O)ccc(C(F)(F)F)c1F. The third kappa shape index (κ3) is 3.57. The Labute approximate surface area is 105 Å². The summed E-state index contributed by atoms with van der Waals surface area (Å²) in [6.45, 7) is 0. The summed E-state index contributed by atoms with van der Waals surface area (Å²) in [6, 6.07) is 0.531. The second-order valence-electron chi connectivity index (χ2n) is 3.28. The van der Waals surface area contributed by atoms with Crippen LogP contribution in [-0.2, 0) is 6.18 Å². The Hall–Kier alpha value is -2.32. The molecule has 0 radical (unpaired) electrons. The number of halogens is 4. The second kappa shape index (κ2) is 5.55. The first-order valence-electron chi connectivity index (χ1n) is 4.79. The maximum Gasteiger partial charge on any atom is 0.419 e. The van der Waals surface area contributed by atoms with Gasteiger partial charge in [0.25, 0.3) is 0 Å². The summed E-state index contributed by atoms with van der Waals surface area (Å²) in [7, 11) is 1.01. The van der Waals surface area contributed by atoms with Crippen LogP contribution in [0.2, 0.25) is 0 Å². The van der Waals surface area contributed by atoms with Crippen LogP contribution in [0, 0.1) is 5.82 Å². The second-order valence-corrected chi connectivity index (χ2v) is 3.28. The fraction of sp³-hybridized carbons (Fsp3) is 0.200. The standard InChI is InChI=1S/C10H9F4N3O2/c1-19-8-5(4-16-17-9(15)18)2-3-6(7(8)11)10(12,13)14/h2-4H,1H3,(H3,15,17,18). The van der Waals surface area contributed by atoms with Gasteiger partial charge in [-0.2, -0.15) is 18.3 Å². The molecule has 0 saturated heterocycles. The van der Waals surface area contributed by atoms with Crippen molar-refractivity contribution in [3.05, 3.63) is 29.1 Å². The van der Waals surface area contributed by atoms with E-state index in [4.69, 9.17) is 5.73 Å². The molecule has 0 aliphatic rings. The van der Waals surface area contributed by atoms with Gasteiger partial charge in [0, 0.05) is 5.56 Å². The normalized spacial score (nSPS) is 11.6. The smallest absolute Gasteiger partial charge is 0.419 e. The molecule has 0 atom stereocenters. The van der Waals surface area contributed by atoms with Crippen LogP contribution >= 0.6 is 0 Å². The predicted octanol–water partition coefficient (Wildman–Crippen LogP) is 1.86. The van der Waals surface area contributed by atoms with E-state index in [2.05, 4.69) is 9.84 Å². The number of rotatable bonds is 3. The Morgan fingerprint density at radius 1 is 1.47 bits per heavy atom. The number of ether oxygens (including phenoxy) is 1. The number of hydrogen-bond donors (Lipinski definition) is 2. The van der Waals surface area contributed by atoms with Crippen LogP contribution in [0.1, 0.15) is 11.1 Å². The largest absolute Gasteiger partial charge is 0.493 e. The Morgan fingerprint density at radius 2 is 2.11 bits per heavy atom. The van der Waals surface area contributed by atoms with E-state index >= 15 is 0 Å². The molecular formula is C10H9F4N3O2. The Balaban J connectivity index is 3.19. The van der Waals surface area contributed by atoms with Crippen LogP contribution in [0.25, 0.3) is 0 Å². The van der Waals surface area contributed by atoms with Crippen molar-refractivity contribution in [1.29, 1.82) is 0 Å². The van der Waals surface area contributed by atoms with Crippen molar-refractivity contribution in [3.8, 4) is 5.75 Å². The van der Waals surface area contributed by atoms with Crippen LogP contribution in [0.15, 0.2) is 17.2 Å². The van der Waals surface area contributed by atoms with Crippen molar-refractivity contribution in [2.45, 2.75) is 6.18 Å². The Bertz CT molecular complexity index is 514. The lowest BCUT2D eigenvalue weighted by molar-refractivity contribution is -0.140. The van der Waals surface area contributed by atoms with E-state index in [-0.39, 0.29) is 5.56 Å². The zero-order chi connectivity index (χ0) is 14.6. The summed E-state index contributed by atoms with van der Waals surface area (Å²) in [5.41, 5.74) is 5.00. The van der Waals surface area contributed by atoms with Gasteiger partial charge in [0.2, 0.25) is 0 Å². The van der Waals surface area contributed by atoms with E-state index in [0.29, 0.717) is 6.07 Å². The summed E-state index contributed by atoms with van der Waals surface area (Å²) in [4.78, 5) is 10.3. The van der Waals surface area contributed by atoms with Crippen molar-refractivity contribution in [2.24, 2.45) is 10.8 Å². The van der Waals surface area contributed by atoms with Gasteiger partial charge in [0.05, 0.1) is 18.9 Å². The van der Waals surface area contributed by atoms with Gasteiger partial charge in [-0.1, -0.05) is 0 Å². The van der Waals surface area contributed by atoms with Gasteiger partial charge in [0.1, 0.15) is 0 Å². The summed E-state index contributed by atoms with van der Waals surface area (Å²) in [5.74, 6) is -2.19. The molecule has 0 spiro atoms. The highest BCUT2D eigenvalue weighted by Gasteiger charge is 2.35. The number of nitrogens with one attached hydrogen (secondary N) is 1. The van der Waals surface area contributed by atoms with Crippen molar-refractivity contribution in [1.82, 2.24) is 5.43 Å². The number of amides is 2. The van der Waals surface area contributed by atoms with Gasteiger partial charge in [-0.25, -0.2) is 14.6 Å². The average molecular weight is 279 g/mol. The zero-order valence-corrected chi connectivity index (χ0v) is 9.58. The van der Waals surface area contributed by atoms with Gasteiger partial charge >= 0.3 is 12.2 Å². The first-order chi connectivity index (χ1) is 8.77. The molecular weight excluding hydrogens is 270 g/mol. The number of benzene rings is 1. The van der Waals surface area contributed by atoms with E-state index < -0.39 is 29.3 Å². The fourth-order valence-corrected chi connectivity index (χ4v) is 1.26. The molecule has 0 aliphatic carbocycles. The molecule has 1 rings (SSSR count). The van der Waals surface area contributed by atoms with Gasteiger partial charge in [-0.05, 0) is 12.1 Å². The molecule has 0 heterocycles. The van der Waals surface area contributed by atoms with Crippen LogP contribution < -0.4 is 15.9 Å². The highest BCUT2D eigenvalue weighted by atomic mass is 19.4. The molecule has 104 valence electrons. The van der Waals surface area contributed by atoms with Gasteiger partial charge < -0.3 is 10.5 Å². The highest BCUT2D eigenvalue weighted by Crippen LogP contribution is 2.36. The third-order valence-electron chi connectivity index (χ3n) is 2.02. The van der Waals surface area contributed by atoms with Gasteiger partial charge in [0.15, 0.2) is 11.6 Å². The van der Waals surface area contributed by atoms with Crippen LogP contribution in [-0.4, -0.2) is 19.4 Å². The summed E-state index contributed by atoms with van der Waals surface area (Å²) in [5, 5.41) is 3.31. The molecule has 0 aliphatic heterocycles. The lowest BCUT2D eigenvalue weighted by Gasteiger charge is -2.12. The van der Waals surface area contributed by atoms with E-state index in [1.807, 2.05) is 5.43 Å². The number of urea groups is 1. The fourth-order valence-electron chi connectivity index (χ4n) is 1.26. The average Bonchev–Trinajstić information content (AvgIpc) is 2.27. The van der Waals surface area contributed by atoms with Crippen LogP contribution in [0.3, 0.4) is 0 Å². The minimum Gasteiger partial charge on any atom is -0.493 e. The Kier molecular flexibility index (Phi) is 4.30. The zero-order valence-electron chi connectivity index (χ0n) is 9.58. The number of carbonyl (C=O) groups is 1. The number of hydrazone groups is 1. The minimum absolute atomic E-state index is 0.0817. The number of nitrogens with zero attached hydrogens (tertiary/aromatic N) is 1. The van der Waals surface area contributed by atoms with E-state index in [9.17, 15) is 22.4 Å². The van der Waals surface area contributed by atoms with E-state index in [0.717, 1.165) is 19.4 Å². The van der Waals surface area contributed by atoms with Crippen molar-refractivity contribution in [2.75, 3.05) is 7.11 Å². The lowest BCUT2D eigenvalue weighted by Crippen LogP contribution is -2.24. The van der Waals surface area contributed by atoms with Crippen molar-refractivity contribution >= 4 is 12.2 Å². The maximum atomic E-state index is 13.6. The van der Waals surface area contributed by atoms with Crippen molar-refractivity contribution in [3.63, 3.8) is 0 Å². The van der Waals surface area contributed by atoms with Crippen LogP contribution in [0.5, 0.6) is 5.75 Å². The maximum absolute atomic E-state index is 13.6. The number of nitrogens with two attached hydrogens (primary N) is 1. The molecule has 0 saturated carbocycles. The number of alkyl halides is 3. The quantitative estimate of drug-likeness (QED) is 0.503. The molecule has 9 heteroatoms. The minimum atomic E-state index is -4.83. The number of hydrogen-bond acceptors (Lipinski definition) is 3. The summed E-state index contributed by atoms with van der Waals surface area (Å²) < 4.78 is 55.5. The molecule has 19 heavy (non-hydrogen) atoms. The molecule has 0 bridgehead atoms. The lowest BCUT2D eigenvalue weighted by atomic mass is 10.1. The van der Waals surface area contributed by atoms with Gasteiger partial charge in [-0.15, -0.1) is 0 Å². The molecule has 2 amide bonds. The molecule has 5 nitrogen and oxygen atoms in total. The number of primary amides is 1. The van der Waals surface area contributed by atoms with Gasteiger partial charge in [-0.3, -0.25) is 0 Å². The topological polar surface area (TPSA) is 76.7 Å².